The van der Waals surface area contributed by atoms with Crippen LogP contribution in [0.5, 0.6) is 0 Å². The number of nitrogens with two attached hydrogens (primary N) is 1. The van der Waals surface area contributed by atoms with Gasteiger partial charge in [0, 0.05) is 56.4 Å². The molecule has 0 saturated carbocycles. The van der Waals surface area contributed by atoms with Crippen LogP contribution < -0.4 is 21.3 Å². The lowest BCUT2D eigenvalue weighted by Gasteiger charge is -2.35. The number of amides is 1. The Morgan fingerprint density at radius 3 is 2.41 bits per heavy atom. The summed E-state index contributed by atoms with van der Waals surface area (Å²) in [5.74, 6) is 0.141. The second-order valence-corrected chi connectivity index (χ2v) is 7.91. The molecule has 1 saturated heterocycles. The molecular formula is C25H30N6O. The minimum Gasteiger partial charge on any atom is -0.380 e. The fourth-order valence-corrected chi connectivity index (χ4v) is 3.89. The van der Waals surface area contributed by atoms with E-state index in [4.69, 9.17) is 5.73 Å². The Balaban J connectivity index is 1.43. The highest BCUT2D eigenvalue weighted by Gasteiger charge is 2.16. The van der Waals surface area contributed by atoms with Crippen LogP contribution in [0.2, 0.25) is 0 Å². The minimum absolute atomic E-state index is 0.369. The number of likely N-dealkylation sites (N-methyl/N-ethyl adjacent to an activating group) is 1. The van der Waals surface area contributed by atoms with Gasteiger partial charge in [-0.15, -0.1) is 0 Å². The molecule has 32 heavy (non-hydrogen) atoms. The maximum absolute atomic E-state index is 11.8. The molecule has 0 atom stereocenters. The molecule has 2 aromatic carbocycles. The molecule has 1 aliphatic heterocycles. The highest BCUT2D eigenvalue weighted by Crippen LogP contribution is 2.24. The number of nitrogens with zero attached hydrogens (tertiary/aromatic N) is 3. The summed E-state index contributed by atoms with van der Waals surface area (Å²) >= 11 is 0. The molecule has 4 N–H and O–H groups in total. The third-order valence-electron chi connectivity index (χ3n) is 5.82. The number of anilines is 4. The van der Waals surface area contributed by atoms with Crippen LogP contribution in [-0.2, 0) is 6.54 Å². The SMILES string of the molecule is CCN1CCN(c2ccc(Nc3cc(NCc4ccccc4)c(C(N)=O)cn3)cc2)CC1. The summed E-state index contributed by atoms with van der Waals surface area (Å²) in [6.45, 7) is 8.21. The first-order valence-corrected chi connectivity index (χ1v) is 11.0. The van der Waals surface area contributed by atoms with Gasteiger partial charge in [0.2, 0.25) is 0 Å². The van der Waals surface area contributed by atoms with Gasteiger partial charge in [-0.05, 0) is 36.4 Å². The van der Waals surface area contributed by atoms with Crippen molar-refractivity contribution in [2.45, 2.75) is 13.5 Å². The van der Waals surface area contributed by atoms with Gasteiger partial charge in [0.05, 0.1) is 11.3 Å². The number of pyridine rings is 1. The molecule has 0 aliphatic carbocycles. The summed E-state index contributed by atoms with van der Waals surface area (Å²) in [6, 6.07) is 20.2. The molecule has 3 aromatic rings. The van der Waals surface area contributed by atoms with E-state index in [2.05, 4.69) is 56.6 Å². The largest absolute Gasteiger partial charge is 0.380 e. The molecule has 7 heteroatoms. The predicted molar refractivity (Wildman–Crippen MR) is 131 cm³/mol. The fourth-order valence-electron chi connectivity index (χ4n) is 3.89. The Kier molecular flexibility index (Phi) is 6.87. The predicted octanol–water partition coefficient (Wildman–Crippen LogP) is 3.68. The van der Waals surface area contributed by atoms with E-state index in [-0.39, 0.29) is 0 Å². The van der Waals surface area contributed by atoms with Crippen molar-refractivity contribution >= 4 is 28.8 Å². The first-order chi connectivity index (χ1) is 15.6. The van der Waals surface area contributed by atoms with Crippen molar-refractivity contribution in [3.63, 3.8) is 0 Å². The van der Waals surface area contributed by atoms with Crippen molar-refractivity contribution in [2.24, 2.45) is 5.73 Å². The van der Waals surface area contributed by atoms with Gasteiger partial charge >= 0.3 is 0 Å². The summed E-state index contributed by atoms with van der Waals surface area (Å²) in [6.07, 6.45) is 1.51. The number of rotatable bonds is 8. The third kappa shape index (κ3) is 5.36. The number of piperazine rings is 1. The number of primary amides is 1. The highest BCUT2D eigenvalue weighted by atomic mass is 16.1. The zero-order chi connectivity index (χ0) is 22.3. The molecule has 0 spiro atoms. The van der Waals surface area contributed by atoms with Gasteiger partial charge in [0.1, 0.15) is 5.82 Å². The van der Waals surface area contributed by atoms with E-state index < -0.39 is 5.91 Å². The van der Waals surface area contributed by atoms with Crippen LogP contribution >= 0.6 is 0 Å². The van der Waals surface area contributed by atoms with E-state index in [9.17, 15) is 4.79 Å². The van der Waals surface area contributed by atoms with Gasteiger partial charge in [-0.3, -0.25) is 4.79 Å². The lowest BCUT2D eigenvalue weighted by Crippen LogP contribution is -2.46. The molecule has 0 bridgehead atoms. The van der Waals surface area contributed by atoms with Crippen LogP contribution in [0.25, 0.3) is 0 Å². The van der Waals surface area contributed by atoms with E-state index in [1.165, 1.54) is 11.9 Å². The first kappa shape index (κ1) is 21.6. The lowest BCUT2D eigenvalue weighted by molar-refractivity contribution is 0.100. The zero-order valence-corrected chi connectivity index (χ0v) is 18.4. The zero-order valence-electron chi connectivity index (χ0n) is 18.4. The summed E-state index contributed by atoms with van der Waals surface area (Å²) in [4.78, 5) is 21.1. The Labute approximate surface area is 189 Å². The van der Waals surface area contributed by atoms with Crippen LogP contribution in [0, 0.1) is 0 Å². The van der Waals surface area contributed by atoms with Crippen molar-refractivity contribution < 1.29 is 4.79 Å². The topological polar surface area (TPSA) is 86.5 Å². The van der Waals surface area contributed by atoms with Gasteiger partial charge in [0.15, 0.2) is 0 Å². The Hall–Kier alpha value is -3.58. The van der Waals surface area contributed by atoms with Gasteiger partial charge in [-0.2, -0.15) is 0 Å². The molecule has 0 unspecified atom stereocenters. The second kappa shape index (κ2) is 10.2. The molecule has 166 valence electrons. The summed E-state index contributed by atoms with van der Waals surface area (Å²) in [5.41, 5.74) is 9.85. The summed E-state index contributed by atoms with van der Waals surface area (Å²) in [7, 11) is 0. The van der Waals surface area contributed by atoms with Crippen LogP contribution in [0.4, 0.5) is 22.9 Å². The monoisotopic (exact) mass is 430 g/mol. The molecule has 1 aliphatic rings. The number of benzene rings is 2. The Bertz CT molecular complexity index is 1030. The van der Waals surface area contributed by atoms with Crippen molar-refractivity contribution in [2.75, 3.05) is 48.3 Å². The standard InChI is InChI=1S/C25H30N6O/c1-2-30-12-14-31(15-13-30)21-10-8-20(9-11-21)29-24-16-23(22(18-28-24)25(26)32)27-17-19-6-4-3-5-7-19/h3-11,16,18H,2,12-15,17H2,1H3,(H2,26,32)(H2,27,28,29). The van der Waals surface area contributed by atoms with E-state index in [1.807, 2.05) is 36.4 Å². The Morgan fingerprint density at radius 2 is 1.75 bits per heavy atom. The smallest absolute Gasteiger partial charge is 0.252 e. The lowest BCUT2D eigenvalue weighted by atomic mass is 10.2. The number of carbonyl (C=O) groups excluding carboxylic acids is 1. The third-order valence-corrected chi connectivity index (χ3v) is 5.82. The summed E-state index contributed by atoms with van der Waals surface area (Å²) in [5, 5.41) is 6.63. The van der Waals surface area contributed by atoms with Crippen molar-refractivity contribution in [3.8, 4) is 0 Å². The molecule has 0 radical (unpaired) electrons. The van der Waals surface area contributed by atoms with Crippen molar-refractivity contribution in [3.05, 3.63) is 78.0 Å². The molecule has 2 heterocycles. The van der Waals surface area contributed by atoms with Gasteiger partial charge < -0.3 is 26.2 Å². The highest BCUT2D eigenvalue weighted by molar-refractivity contribution is 5.98. The number of carbonyl (C=O) groups is 1. The number of hydrogen-bond donors (Lipinski definition) is 3. The van der Waals surface area contributed by atoms with Crippen LogP contribution in [-0.4, -0.2) is 48.5 Å². The fraction of sp³-hybridized carbons (Fsp3) is 0.280. The van der Waals surface area contributed by atoms with E-state index >= 15 is 0 Å². The first-order valence-electron chi connectivity index (χ1n) is 11.0. The molecular weight excluding hydrogens is 400 g/mol. The minimum atomic E-state index is -0.507. The number of hydrogen-bond acceptors (Lipinski definition) is 6. The number of nitrogens with one attached hydrogen (secondary N) is 2. The summed E-state index contributed by atoms with van der Waals surface area (Å²) < 4.78 is 0. The van der Waals surface area contributed by atoms with Gasteiger partial charge in [0.25, 0.3) is 5.91 Å². The molecule has 1 fully saturated rings. The Morgan fingerprint density at radius 1 is 1.03 bits per heavy atom. The van der Waals surface area contributed by atoms with Crippen LogP contribution in [0.3, 0.4) is 0 Å². The molecule has 4 rings (SSSR count). The van der Waals surface area contributed by atoms with Crippen molar-refractivity contribution in [1.29, 1.82) is 0 Å². The average Bonchev–Trinajstić information content (AvgIpc) is 2.84. The van der Waals surface area contributed by atoms with E-state index in [1.54, 1.807) is 0 Å². The van der Waals surface area contributed by atoms with Crippen LogP contribution in [0.15, 0.2) is 66.9 Å². The molecule has 7 nitrogen and oxygen atoms in total. The molecule has 1 amide bonds. The maximum atomic E-state index is 11.8. The second-order valence-electron chi connectivity index (χ2n) is 7.91. The normalized spacial score (nSPS) is 14.2. The van der Waals surface area contributed by atoms with Crippen LogP contribution in [0.1, 0.15) is 22.8 Å². The maximum Gasteiger partial charge on any atom is 0.252 e. The van der Waals surface area contributed by atoms with Crippen molar-refractivity contribution in [1.82, 2.24) is 9.88 Å². The van der Waals surface area contributed by atoms with E-state index in [0.29, 0.717) is 23.6 Å². The van der Waals surface area contributed by atoms with Gasteiger partial charge in [-0.25, -0.2) is 4.98 Å². The number of aromatic nitrogens is 1. The van der Waals surface area contributed by atoms with Gasteiger partial charge in [-0.1, -0.05) is 37.3 Å². The average molecular weight is 431 g/mol. The quantitative estimate of drug-likeness (QED) is 0.505. The van der Waals surface area contributed by atoms with E-state index in [0.717, 1.165) is 44.0 Å². The molecule has 1 aromatic heterocycles.